The van der Waals surface area contributed by atoms with Gasteiger partial charge in [0.05, 0.1) is 5.56 Å². The lowest BCUT2D eigenvalue weighted by Crippen LogP contribution is -2.26. The minimum atomic E-state index is -0.119. The third-order valence-electron chi connectivity index (χ3n) is 4.36. The molecule has 0 saturated heterocycles. The lowest BCUT2D eigenvalue weighted by atomic mass is 9.95. The Morgan fingerprint density at radius 3 is 2.64 bits per heavy atom. The molecule has 0 aromatic carbocycles. The van der Waals surface area contributed by atoms with E-state index in [9.17, 15) is 9.59 Å². The van der Waals surface area contributed by atoms with Crippen LogP contribution in [0.15, 0.2) is 24.5 Å². The fourth-order valence-corrected chi connectivity index (χ4v) is 4.21. The molecule has 2 heterocycles. The SMILES string of the molecule is CC(C)C(=O)Nc1sc2c(c1C(=O)NCc1ccncc1)CCCC2. The van der Waals surface area contributed by atoms with E-state index in [1.807, 2.05) is 26.0 Å². The third-order valence-corrected chi connectivity index (χ3v) is 5.57. The molecule has 0 fully saturated rings. The summed E-state index contributed by atoms with van der Waals surface area (Å²) in [5, 5.41) is 6.63. The highest BCUT2D eigenvalue weighted by atomic mass is 32.1. The number of nitrogens with one attached hydrogen (secondary N) is 2. The zero-order valence-corrected chi connectivity index (χ0v) is 15.4. The first-order chi connectivity index (χ1) is 12.1. The largest absolute Gasteiger partial charge is 0.348 e. The summed E-state index contributed by atoms with van der Waals surface area (Å²) in [7, 11) is 0. The van der Waals surface area contributed by atoms with Gasteiger partial charge >= 0.3 is 0 Å². The van der Waals surface area contributed by atoms with E-state index >= 15 is 0 Å². The highest BCUT2D eigenvalue weighted by molar-refractivity contribution is 7.17. The molecule has 25 heavy (non-hydrogen) atoms. The van der Waals surface area contributed by atoms with Crippen molar-refractivity contribution < 1.29 is 9.59 Å². The van der Waals surface area contributed by atoms with Crippen molar-refractivity contribution in [1.82, 2.24) is 10.3 Å². The Hall–Kier alpha value is -2.21. The molecular weight excluding hydrogens is 334 g/mol. The van der Waals surface area contributed by atoms with Crippen LogP contribution in [0.25, 0.3) is 0 Å². The van der Waals surface area contributed by atoms with Crippen molar-refractivity contribution in [3.05, 3.63) is 46.1 Å². The van der Waals surface area contributed by atoms with Crippen molar-refractivity contribution in [1.29, 1.82) is 0 Å². The van der Waals surface area contributed by atoms with E-state index < -0.39 is 0 Å². The van der Waals surface area contributed by atoms with Gasteiger partial charge in [-0.2, -0.15) is 0 Å². The molecule has 132 valence electrons. The summed E-state index contributed by atoms with van der Waals surface area (Å²) in [4.78, 5) is 30.2. The minimum absolute atomic E-state index is 0.0539. The lowest BCUT2D eigenvalue weighted by molar-refractivity contribution is -0.118. The number of rotatable bonds is 5. The standard InChI is InChI=1S/C19H23N3O2S/c1-12(2)17(23)22-19-16(14-5-3-4-6-15(14)25-19)18(24)21-11-13-7-9-20-10-8-13/h7-10,12H,3-6,11H2,1-2H3,(H,21,24)(H,22,23). The van der Waals surface area contributed by atoms with Gasteiger partial charge < -0.3 is 10.6 Å². The maximum absolute atomic E-state index is 12.9. The molecule has 2 N–H and O–H groups in total. The molecule has 3 rings (SSSR count). The lowest BCUT2D eigenvalue weighted by Gasteiger charge is -2.13. The number of aromatic nitrogens is 1. The minimum Gasteiger partial charge on any atom is -0.348 e. The number of anilines is 1. The van der Waals surface area contributed by atoms with E-state index in [-0.39, 0.29) is 17.7 Å². The molecule has 2 aromatic heterocycles. The number of aryl methyl sites for hydroxylation is 1. The first-order valence-corrected chi connectivity index (χ1v) is 9.50. The van der Waals surface area contributed by atoms with E-state index in [0.29, 0.717) is 17.1 Å². The van der Waals surface area contributed by atoms with Gasteiger partial charge in [-0.05, 0) is 48.9 Å². The number of carbonyl (C=O) groups is 2. The predicted molar refractivity (Wildman–Crippen MR) is 99.8 cm³/mol. The van der Waals surface area contributed by atoms with Crippen molar-refractivity contribution in [2.75, 3.05) is 5.32 Å². The van der Waals surface area contributed by atoms with Crippen molar-refractivity contribution in [3.63, 3.8) is 0 Å². The summed E-state index contributed by atoms with van der Waals surface area (Å²) < 4.78 is 0. The summed E-state index contributed by atoms with van der Waals surface area (Å²) >= 11 is 1.55. The monoisotopic (exact) mass is 357 g/mol. The Kier molecular flexibility index (Phi) is 5.48. The van der Waals surface area contributed by atoms with Crippen molar-refractivity contribution in [2.45, 2.75) is 46.1 Å². The zero-order valence-electron chi connectivity index (χ0n) is 14.6. The second-order valence-electron chi connectivity index (χ2n) is 6.60. The summed E-state index contributed by atoms with van der Waals surface area (Å²) in [5.74, 6) is -0.288. The molecule has 1 aliphatic carbocycles. The second-order valence-corrected chi connectivity index (χ2v) is 7.70. The van der Waals surface area contributed by atoms with Crippen LogP contribution in [0.4, 0.5) is 5.00 Å². The number of amides is 2. The zero-order chi connectivity index (χ0) is 17.8. The van der Waals surface area contributed by atoms with Gasteiger partial charge in [-0.25, -0.2) is 0 Å². The highest BCUT2D eigenvalue weighted by Crippen LogP contribution is 2.38. The maximum atomic E-state index is 12.9. The second kappa shape index (κ2) is 7.78. The average Bonchev–Trinajstić information content (AvgIpc) is 2.98. The highest BCUT2D eigenvalue weighted by Gasteiger charge is 2.26. The number of thiophene rings is 1. The van der Waals surface area contributed by atoms with E-state index in [1.54, 1.807) is 23.7 Å². The van der Waals surface area contributed by atoms with Gasteiger partial charge in [0, 0.05) is 29.7 Å². The van der Waals surface area contributed by atoms with Crippen molar-refractivity contribution >= 4 is 28.2 Å². The molecule has 6 heteroatoms. The predicted octanol–water partition coefficient (Wildman–Crippen LogP) is 3.55. The number of fused-ring (bicyclic) bond motifs is 1. The molecule has 0 bridgehead atoms. The summed E-state index contributed by atoms with van der Waals surface area (Å²) in [6.07, 6.45) is 7.54. The third kappa shape index (κ3) is 4.07. The van der Waals surface area contributed by atoms with E-state index in [4.69, 9.17) is 0 Å². The van der Waals surface area contributed by atoms with Crippen molar-refractivity contribution in [3.8, 4) is 0 Å². The molecule has 0 radical (unpaired) electrons. The van der Waals surface area contributed by atoms with Gasteiger partial charge in [0.2, 0.25) is 5.91 Å². The van der Waals surface area contributed by atoms with Crippen LogP contribution in [-0.2, 0) is 24.2 Å². The Bertz CT molecular complexity index is 768. The molecule has 0 atom stereocenters. The molecule has 0 spiro atoms. The molecule has 1 aliphatic rings. The number of pyridine rings is 1. The van der Waals surface area contributed by atoms with E-state index in [0.717, 1.165) is 36.8 Å². The van der Waals surface area contributed by atoms with Crippen LogP contribution >= 0.6 is 11.3 Å². The summed E-state index contributed by atoms with van der Waals surface area (Å²) in [6, 6.07) is 3.76. The van der Waals surface area contributed by atoms with Gasteiger partial charge in [-0.15, -0.1) is 11.3 Å². The van der Waals surface area contributed by atoms with Gasteiger partial charge in [0.25, 0.3) is 5.91 Å². The smallest absolute Gasteiger partial charge is 0.254 e. The maximum Gasteiger partial charge on any atom is 0.254 e. The van der Waals surface area contributed by atoms with Crippen LogP contribution in [0.5, 0.6) is 0 Å². The fraction of sp³-hybridized carbons (Fsp3) is 0.421. The Labute approximate surface area is 151 Å². The van der Waals surface area contributed by atoms with Gasteiger partial charge in [0.1, 0.15) is 5.00 Å². The fourth-order valence-electron chi connectivity index (χ4n) is 2.92. The Morgan fingerprint density at radius 1 is 1.20 bits per heavy atom. The number of carbonyl (C=O) groups excluding carboxylic acids is 2. The van der Waals surface area contributed by atoms with Crippen LogP contribution < -0.4 is 10.6 Å². The molecule has 0 unspecified atom stereocenters. The van der Waals surface area contributed by atoms with Crippen LogP contribution in [0.2, 0.25) is 0 Å². The van der Waals surface area contributed by atoms with Crippen LogP contribution in [0, 0.1) is 5.92 Å². The van der Waals surface area contributed by atoms with Crippen molar-refractivity contribution in [2.24, 2.45) is 5.92 Å². The van der Waals surface area contributed by atoms with Gasteiger partial charge in [-0.1, -0.05) is 13.8 Å². The molecule has 5 nitrogen and oxygen atoms in total. The normalized spacial score (nSPS) is 13.4. The van der Waals surface area contributed by atoms with Crippen LogP contribution in [0.3, 0.4) is 0 Å². The van der Waals surface area contributed by atoms with Gasteiger partial charge in [-0.3, -0.25) is 14.6 Å². The van der Waals surface area contributed by atoms with Crippen LogP contribution in [0.1, 0.15) is 53.1 Å². The average molecular weight is 357 g/mol. The molecule has 2 aromatic rings. The van der Waals surface area contributed by atoms with E-state index in [2.05, 4.69) is 15.6 Å². The number of hydrogen-bond acceptors (Lipinski definition) is 4. The quantitative estimate of drug-likeness (QED) is 0.860. The molecule has 2 amide bonds. The Balaban J connectivity index is 1.83. The Morgan fingerprint density at radius 2 is 1.92 bits per heavy atom. The van der Waals surface area contributed by atoms with Crippen LogP contribution in [-0.4, -0.2) is 16.8 Å². The van der Waals surface area contributed by atoms with Gasteiger partial charge in [0.15, 0.2) is 0 Å². The number of nitrogens with zero attached hydrogens (tertiary/aromatic N) is 1. The topological polar surface area (TPSA) is 71.1 Å². The summed E-state index contributed by atoms with van der Waals surface area (Å²) in [5.41, 5.74) is 2.77. The number of hydrogen-bond donors (Lipinski definition) is 2. The summed E-state index contributed by atoms with van der Waals surface area (Å²) in [6.45, 7) is 4.15. The molecule has 0 aliphatic heterocycles. The molecular formula is C19H23N3O2S. The first-order valence-electron chi connectivity index (χ1n) is 8.68. The molecule has 0 saturated carbocycles. The first kappa shape index (κ1) is 17.6. The van der Waals surface area contributed by atoms with E-state index in [1.165, 1.54) is 4.88 Å².